The summed E-state index contributed by atoms with van der Waals surface area (Å²) in [5, 5.41) is 9.10. The zero-order valence-electron chi connectivity index (χ0n) is 10.7. The van der Waals surface area contributed by atoms with Crippen LogP contribution in [0.1, 0.15) is 36.6 Å². The smallest absolute Gasteiger partial charge is 0.250 e. The van der Waals surface area contributed by atoms with Gasteiger partial charge in [-0.25, -0.2) is 13.1 Å². The molecule has 0 spiro atoms. The van der Waals surface area contributed by atoms with Gasteiger partial charge >= 0.3 is 0 Å². The molecular formula is C12H19NO3S2. The van der Waals surface area contributed by atoms with Crippen molar-refractivity contribution in [2.75, 3.05) is 6.54 Å². The van der Waals surface area contributed by atoms with Crippen molar-refractivity contribution in [3.8, 4) is 0 Å². The van der Waals surface area contributed by atoms with Crippen molar-refractivity contribution in [2.24, 2.45) is 5.41 Å². The molecule has 1 heterocycles. The van der Waals surface area contributed by atoms with Gasteiger partial charge in [0, 0.05) is 11.4 Å². The van der Waals surface area contributed by atoms with Crippen molar-refractivity contribution in [3.05, 3.63) is 16.5 Å². The third kappa shape index (κ3) is 2.77. The van der Waals surface area contributed by atoms with E-state index >= 15 is 0 Å². The summed E-state index contributed by atoms with van der Waals surface area (Å²) in [4.78, 5) is 0.713. The molecule has 0 saturated heterocycles. The van der Waals surface area contributed by atoms with Gasteiger partial charge in [0.15, 0.2) is 0 Å². The number of aliphatic hydroxyl groups excluding tert-OH is 1. The minimum atomic E-state index is -3.42. The van der Waals surface area contributed by atoms with Crippen molar-refractivity contribution < 1.29 is 13.5 Å². The van der Waals surface area contributed by atoms with Gasteiger partial charge in [0.25, 0.3) is 0 Å². The Morgan fingerprint density at radius 1 is 1.50 bits per heavy atom. The Labute approximate surface area is 112 Å². The maximum Gasteiger partial charge on any atom is 0.250 e. The van der Waals surface area contributed by atoms with Crippen LogP contribution in [0.15, 0.2) is 10.3 Å². The van der Waals surface area contributed by atoms with E-state index in [2.05, 4.69) is 11.6 Å². The average molecular weight is 289 g/mol. The molecule has 2 rings (SSSR count). The second-order valence-corrected chi connectivity index (χ2v) is 8.45. The molecule has 18 heavy (non-hydrogen) atoms. The zero-order chi connectivity index (χ0) is 13.4. The number of rotatable bonds is 5. The molecule has 1 aliphatic rings. The lowest BCUT2D eigenvalue weighted by Gasteiger charge is -2.38. The van der Waals surface area contributed by atoms with Crippen LogP contribution < -0.4 is 4.72 Å². The molecule has 0 aromatic carbocycles. The highest BCUT2D eigenvalue weighted by molar-refractivity contribution is 7.91. The molecule has 0 atom stereocenters. The second kappa shape index (κ2) is 4.92. The van der Waals surface area contributed by atoms with E-state index in [4.69, 9.17) is 5.11 Å². The highest BCUT2D eigenvalue weighted by Gasteiger charge is 2.33. The van der Waals surface area contributed by atoms with Crippen molar-refractivity contribution in [1.82, 2.24) is 4.72 Å². The normalized spacial score (nSPS) is 18.6. The van der Waals surface area contributed by atoms with Crippen LogP contribution in [-0.4, -0.2) is 20.1 Å². The van der Waals surface area contributed by atoms with E-state index in [0.717, 1.165) is 29.7 Å². The molecule has 0 aliphatic heterocycles. The summed E-state index contributed by atoms with van der Waals surface area (Å²) >= 11 is 1.14. The lowest BCUT2D eigenvalue weighted by Crippen LogP contribution is -2.39. The highest BCUT2D eigenvalue weighted by Crippen LogP contribution is 2.39. The fourth-order valence-electron chi connectivity index (χ4n) is 2.08. The van der Waals surface area contributed by atoms with E-state index in [1.807, 2.05) is 6.92 Å². The average Bonchev–Trinajstić information content (AvgIpc) is 2.66. The number of aryl methyl sites for hydroxylation is 1. The Hall–Kier alpha value is -0.430. The van der Waals surface area contributed by atoms with Crippen LogP contribution in [0.4, 0.5) is 0 Å². The number of thiophene rings is 1. The summed E-state index contributed by atoms with van der Waals surface area (Å²) in [6, 6.07) is 1.63. The molecule has 0 amide bonds. The number of hydrogen-bond donors (Lipinski definition) is 2. The summed E-state index contributed by atoms with van der Waals surface area (Å²) in [6.45, 7) is 4.32. The summed E-state index contributed by atoms with van der Waals surface area (Å²) < 4.78 is 27.2. The lowest BCUT2D eigenvalue weighted by atomic mass is 9.71. The summed E-state index contributed by atoms with van der Waals surface area (Å²) in [5.74, 6) is 0. The SMILES string of the molecule is Cc1cc(S(=O)(=O)NCC2(C)CCC2)sc1CO. The van der Waals surface area contributed by atoms with Crippen LogP contribution in [0.25, 0.3) is 0 Å². The number of aliphatic hydroxyl groups is 1. The van der Waals surface area contributed by atoms with E-state index in [-0.39, 0.29) is 12.0 Å². The van der Waals surface area contributed by atoms with Crippen LogP contribution in [0.5, 0.6) is 0 Å². The maximum atomic E-state index is 12.1. The quantitative estimate of drug-likeness (QED) is 0.871. The maximum absolute atomic E-state index is 12.1. The van der Waals surface area contributed by atoms with Gasteiger partial charge in [0.05, 0.1) is 6.61 Å². The minimum absolute atomic E-state index is 0.107. The molecule has 1 fully saturated rings. The van der Waals surface area contributed by atoms with Crippen LogP contribution in [-0.2, 0) is 16.6 Å². The molecule has 0 radical (unpaired) electrons. The highest BCUT2D eigenvalue weighted by atomic mass is 32.2. The van der Waals surface area contributed by atoms with Crippen LogP contribution in [0, 0.1) is 12.3 Å². The van der Waals surface area contributed by atoms with Gasteiger partial charge in [-0.2, -0.15) is 0 Å². The predicted molar refractivity (Wildman–Crippen MR) is 72.1 cm³/mol. The fraction of sp³-hybridized carbons (Fsp3) is 0.667. The van der Waals surface area contributed by atoms with E-state index < -0.39 is 10.0 Å². The van der Waals surface area contributed by atoms with Gasteiger partial charge in [-0.1, -0.05) is 13.3 Å². The molecule has 6 heteroatoms. The van der Waals surface area contributed by atoms with Crippen molar-refractivity contribution >= 4 is 21.4 Å². The van der Waals surface area contributed by atoms with Gasteiger partial charge in [0.2, 0.25) is 10.0 Å². The van der Waals surface area contributed by atoms with Gasteiger partial charge in [-0.15, -0.1) is 11.3 Å². The Morgan fingerprint density at radius 3 is 2.61 bits per heavy atom. The molecular weight excluding hydrogens is 270 g/mol. The van der Waals surface area contributed by atoms with Crippen molar-refractivity contribution in [2.45, 2.75) is 43.9 Å². The molecule has 4 nitrogen and oxygen atoms in total. The van der Waals surface area contributed by atoms with E-state index in [0.29, 0.717) is 15.6 Å². The lowest BCUT2D eigenvalue weighted by molar-refractivity contribution is 0.166. The number of nitrogens with one attached hydrogen (secondary N) is 1. The molecule has 0 bridgehead atoms. The van der Waals surface area contributed by atoms with Crippen molar-refractivity contribution in [3.63, 3.8) is 0 Å². The Kier molecular flexibility index (Phi) is 3.82. The molecule has 2 N–H and O–H groups in total. The molecule has 1 aromatic heterocycles. The molecule has 1 aliphatic carbocycles. The molecule has 1 aromatic rings. The van der Waals surface area contributed by atoms with Gasteiger partial charge < -0.3 is 5.11 Å². The van der Waals surface area contributed by atoms with Gasteiger partial charge in [-0.05, 0) is 36.8 Å². The number of sulfonamides is 1. The summed E-state index contributed by atoms with van der Waals surface area (Å²) in [7, 11) is -3.42. The van der Waals surface area contributed by atoms with Crippen LogP contribution in [0.2, 0.25) is 0 Å². The first kappa shape index (κ1) is 14.0. The first-order valence-corrected chi connectivity index (χ1v) is 8.36. The van der Waals surface area contributed by atoms with Crippen LogP contribution in [0.3, 0.4) is 0 Å². The summed E-state index contributed by atoms with van der Waals surface area (Å²) in [6.07, 6.45) is 3.35. The largest absolute Gasteiger partial charge is 0.391 e. The Bertz CT molecular complexity index is 530. The number of hydrogen-bond acceptors (Lipinski definition) is 4. The van der Waals surface area contributed by atoms with E-state index in [1.54, 1.807) is 6.07 Å². The molecule has 0 unspecified atom stereocenters. The monoisotopic (exact) mass is 289 g/mol. The second-order valence-electron chi connectivity index (χ2n) is 5.32. The first-order chi connectivity index (χ1) is 8.36. The zero-order valence-corrected chi connectivity index (χ0v) is 12.3. The van der Waals surface area contributed by atoms with Gasteiger partial charge in [-0.3, -0.25) is 0 Å². The molecule has 1 saturated carbocycles. The topological polar surface area (TPSA) is 66.4 Å². The predicted octanol–water partition coefficient (Wildman–Crippen LogP) is 2.02. The van der Waals surface area contributed by atoms with E-state index in [1.165, 1.54) is 6.42 Å². The van der Waals surface area contributed by atoms with E-state index in [9.17, 15) is 8.42 Å². The van der Waals surface area contributed by atoms with Gasteiger partial charge in [0.1, 0.15) is 4.21 Å². The fourth-order valence-corrected chi connectivity index (χ4v) is 4.77. The third-order valence-corrected chi connectivity index (χ3v) is 6.75. The Morgan fingerprint density at radius 2 is 2.17 bits per heavy atom. The Balaban J connectivity index is 2.09. The van der Waals surface area contributed by atoms with Crippen molar-refractivity contribution in [1.29, 1.82) is 0 Å². The standard InChI is InChI=1S/C12H19NO3S2/c1-9-6-11(17-10(9)7-14)18(15,16)13-8-12(2)4-3-5-12/h6,13-14H,3-5,7-8H2,1-2H3. The first-order valence-electron chi connectivity index (χ1n) is 6.06. The summed E-state index contributed by atoms with van der Waals surface area (Å²) in [5.41, 5.74) is 0.955. The van der Waals surface area contributed by atoms with Crippen LogP contribution >= 0.6 is 11.3 Å². The minimum Gasteiger partial charge on any atom is -0.391 e. The third-order valence-electron chi connectivity index (χ3n) is 3.66. The molecule has 102 valence electrons.